The molecule has 24 heavy (non-hydrogen) atoms. The average Bonchev–Trinajstić information content (AvgIpc) is 2.61. The van der Waals surface area contributed by atoms with E-state index in [0.29, 0.717) is 18.1 Å². The summed E-state index contributed by atoms with van der Waals surface area (Å²) in [5, 5.41) is 4.17. The van der Waals surface area contributed by atoms with Crippen molar-refractivity contribution in [1.29, 1.82) is 0 Å². The Morgan fingerprint density at radius 3 is 2.67 bits per heavy atom. The Hall–Kier alpha value is -3.02. The molecule has 0 saturated carbocycles. The molecule has 6 nitrogen and oxygen atoms in total. The van der Waals surface area contributed by atoms with E-state index in [9.17, 15) is 4.79 Å². The summed E-state index contributed by atoms with van der Waals surface area (Å²) in [7, 11) is 1.54. The van der Waals surface area contributed by atoms with Gasteiger partial charge >= 0.3 is 5.97 Å². The molecule has 0 radical (unpaired) electrons. The minimum absolute atomic E-state index is 0.174. The zero-order valence-electron chi connectivity index (χ0n) is 13.7. The second kappa shape index (κ2) is 9.19. The Morgan fingerprint density at radius 2 is 1.96 bits per heavy atom. The lowest BCUT2D eigenvalue weighted by Crippen LogP contribution is -2.15. The molecule has 0 aliphatic rings. The first kappa shape index (κ1) is 17.3. The van der Waals surface area contributed by atoms with E-state index in [1.165, 1.54) is 7.11 Å². The largest absolute Gasteiger partial charge is 0.493 e. The summed E-state index contributed by atoms with van der Waals surface area (Å²) in [5.74, 6) is 0.561. The monoisotopic (exact) mass is 328 g/mol. The first-order chi connectivity index (χ1) is 11.7. The fraction of sp³-hybridized carbons (Fsp3) is 0.222. The molecule has 2 rings (SSSR count). The summed E-state index contributed by atoms with van der Waals surface area (Å²) < 4.78 is 15.5. The molecular weight excluding hydrogens is 308 g/mol. The lowest BCUT2D eigenvalue weighted by atomic mass is 10.2. The lowest BCUT2D eigenvalue weighted by Gasteiger charge is -2.10. The van der Waals surface area contributed by atoms with Gasteiger partial charge in [0.1, 0.15) is 0 Å². The number of methoxy groups -OCH3 is 1. The molecular formula is C18H20N2O4. The summed E-state index contributed by atoms with van der Waals surface area (Å²) in [6.07, 6.45) is 1.66. The molecule has 0 atom stereocenters. The molecule has 0 aliphatic carbocycles. The Morgan fingerprint density at radius 1 is 1.17 bits per heavy atom. The normalized spacial score (nSPS) is 10.4. The minimum atomic E-state index is -0.427. The van der Waals surface area contributed by atoms with Crippen molar-refractivity contribution in [2.24, 2.45) is 5.10 Å². The van der Waals surface area contributed by atoms with Crippen LogP contribution in [0.25, 0.3) is 0 Å². The summed E-state index contributed by atoms with van der Waals surface area (Å²) in [6.45, 7) is 1.89. The van der Waals surface area contributed by atoms with E-state index in [1.807, 2.05) is 36.4 Å². The van der Waals surface area contributed by atoms with Crippen LogP contribution in [0.4, 0.5) is 5.69 Å². The first-order valence-corrected chi connectivity index (χ1v) is 7.53. The maximum atomic E-state index is 11.4. The third kappa shape index (κ3) is 5.31. The van der Waals surface area contributed by atoms with Crippen LogP contribution in [0.2, 0.25) is 0 Å². The molecule has 126 valence electrons. The van der Waals surface area contributed by atoms with E-state index in [1.54, 1.807) is 25.3 Å². The highest BCUT2D eigenvalue weighted by Gasteiger charge is 2.08. The summed E-state index contributed by atoms with van der Waals surface area (Å²) in [4.78, 5) is 11.4. The fourth-order valence-electron chi connectivity index (χ4n) is 1.92. The van der Waals surface area contributed by atoms with Crippen molar-refractivity contribution in [3.05, 3.63) is 54.1 Å². The highest BCUT2D eigenvalue weighted by atomic mass is 16.6. The van der Waals surface area contributed by atoms with Crippen LogP contribution in [0, 0.1) is 0 Å². The molecule has 0 amide bonds. The first-order valence-electron chi connectivity index (χ1n) is 7.53. The number of anilines is 1. The molecule has 0 aliphatic heterocycles. The van der Waals surface area contributed by atoms with Crippen molar-refractivity contribution in [3.63, 3.8) is 0 Å². The van der Waals surface area contributed by atoms with Gasteiger partial charge < -0.3 is 14.2 Å². The zero-order valence-corrected chi connectivity index (χ0v) is 13.7. The predicted molar refractivity (Wildman–Crippen MR) is 92.8 cm³/mol. The quantitative estimate of drug-likeness (QED) is 0.458. The third-order valence-electron chi connectivity index (χ3n) is 3.02. The molecule has 0 fully saturated rings. The second-order valence-corrected chi connectivity index (χ2v) is 4.74. The number of benzene rings is 2. The van der Waals surface area contributed by atoms with Crippen molar-refractivity contribution in [2.75, 3.05) is 25.7 Å². The fourth-order valence-corrected chi connectivity index (χ4v) is 1.92. The van der Waals surface area contributed by atoms with Crippen molar-refractivity contribution < 1.29 is 19.0 Å². The van der Waals surface area contributed by atoms with Crippen LogP contribution >= 0.6 is 0 Å². The van der Waals surface area contributed by atoms with E-state index in [4.69, 9.17) is 14.2 Å². The van der Waals surface area contributed by atoms with Crippen molar-refractivity contribution in [3.8, 4) is 11.5 Å². The summed E-state index contributed by atoms with van der Waals surface area (Å²) in [6, 6.07) is 15.0. The van der Waals surface area contributed by atoms with Gasteiger partial charge in [-0.2, -0.15) is 5.10 Å². The summed E-state index contributed by atoms with van der Waals surface area (Å²) in [5.41, 5.74) is 4.63. The number of hydrazone groups is 1. The molecule has 0 unspecified atom stereocenters. The third-order valence-corrected chi connectivity index (χ3v) is 3.02. The number of rotatable bonds is 8. The number of esters is 1. The van der Waals surface area contributed by atoms with Crippen molar-refractivity contribution >= 4 is 17.9 Å². The number of carbonyl (C=O) groups is 1. The van der Waals surface area contributed by atoms with Gasteiger partial charge in [-0.1, -0.05) is 18.2 Å². The van der Waals surface area contributed by atoms with Crippen LogP contribution in [0.5, 0.6) is 11.5 Å². The van der Waals surface area contributed by atoms with Crippen LogP contribution in [0.3, 0.4) is 0 Å². The van der Waals surface area contributed by atoms with E-state index >= 15 is 0 Å². The molecule has 0 saturated heterocycles. The van der Waals surface area contributed by atoms with Gasteiger partial charge in [-0.3, -0.25) is 5.43 Å². The van der Waals surface area contributed by atoms with Gasteiger partial charge in [0, 0.05) is 0 Å². The van der Waals surface area contributed by atoms with Crippen LogP contribution in [-0.2, 0) is 9.53 Å². The average molecular weight is 328 g/mol. The standard InChI is InChI=1S/C18H20N2O4/c1-3-23-18(21)13-24-17-11-14(9-10-16(17)22-2)12-19-20-15-7-5-4-6-8-15/h4-12,20H,3,13H2,1-2H3/b19-12+. The van der Waals surface area contributed by atoms with Crippen molar-refractivity contribution in [1.82, 2.24) is 0 Å². The topological polar surface area (TPSA) is 69.2 Å². The molecule has 2 aromatic carbocycles. The SMILES string of the molecule is CCOC(=O)COc1cc(/C=N/Nc2ccccc2)ccc1OC. The van der Waals surface area contributed by atoms with Crippen molar-refractivity contribution in [2.45, 2.75) is 6.92 Å². The highest BCUT2D eigenvalue weighted by molar-refractivity contribution is 5.81. The molecule has 2 aromatic rings. The van der Waals surface area contributed by atoms with E-state index in [0.717, 1.165) is 11.3 Å². The Bertz CT molecular complexity index is 687. The maximum Gasteiger partial charge on any atom is 0.344 e. The van der Waals surface area contributed by atoms with Crippen LogP contribution in [0.1, 0.15) is 12.5 Å². The maximum absolute atomic E-state index is 11.4. The number of nitrogens with zero attached hydrogens (tertiary/aromatic N) is 1. The number of ether oxygens (including phenoxy) is 3. The van der Waals surface area contributed by atoms with E-state index in [-0.39, 0.29) is 6.61 Å². The number of para-hydroxylation sites is 1. The van der Waals surface area contributed by atoms with Crippen LogP contribution in [0.15, 0.2) is 53.6 Å². The van der Waals surface area contributed by atoms with Gasteiger partial charge in [0.25, 0.3) is 0 Å². The smallest absolute Gasteiger partial charge is 0.344 e. The summed E-state index contributed by atoms with van der Waals surface area (Å²) >= 11 is 0. The number of hydrogen-bond donors (Lipinski definition) is 1. The Balaban J connectivity index is 2.02. The molecule has 0 bridgehead atoms. The van der Waals surface area contributed by atoms with Gasteiger partial charge in [-0.25, -0.2) is 4.79 Å². The Labute approximate surface area is 141 Å². The van der Waals surface area contributed by atoms with Crippen LogP contribution in [-0.4, -0.2) is 32.5 Å². The number of nitrogens with one attached hydrogen (secondary N) is 1. The van der Waals surface area contributed by atoms with Gasteiger partial charge in [0.2, 0.25) is 0 Å². The van der Waals surface area contributed by atoms with E-state index < -0.39 is 5.97 Å². The highest BCUT2D eigenvalue weighted by Crippen LogP contribution is 2.27. The lowest BCUT2D eigenvalue weighted by molar-refractivity contribution is -0.145. The number of hydrogen-bond acceptors (Lipinski definition) is 6. The van der Waals surface area contributed by atoms with Gasteiger partial charge in [-0.05, 0) is 42.8 Å². The zero-order chi connectivity index (χ0) is 17.2. The Kier molecular flexibility index (Phi) is 6.64. The van der Waals surface area contributed by atoms with Crippen LogP contribution < -0.4 is 14.9 Å². The minimum Gasteiger partial charge on any atom is -0.493 e. The predicted octanol–water partition coefficient (Wildman–Crippen LogP) is 3.08. The molecule has 6 heteroatoms. The number of carbonyl (C=O) groups excluding carboxylic acids is 1. The molecule has 0 spiro atoms. The molecule has 0 aromatic heterocycles. The van der Waals surface area contributed by atoms with Gasteiger partial charge in [0.15, 0.2) is 18.1 Å². The molecule has 1 N–H and O–H groups in total. The van der Waals surface area contributed by atoms with E-state index in [2.05, 4.69) is 10.5 Å². The van der Waals surface area contributed by atoms with Gasteiger partial charge in [-0.15, -0.1) is 0 Å². The van der Waals surface area contributed by atoms with Gasteiger partial charge in [0.05, 0.1) is 25.6 Å². The second-order valence-electron chi connectivity index (χ2n) is 4.74. The molecule has 0 heterocycles.